The van der Waals surface area contributed by atoms with E-state index >= 15 is 0 Å². The Morgan fingerprint density at radius 1 is 0.646 bits per heavy atom. The van der Waals surface area contributed by atoms with Crippen LogP contribution in [0.25, 0.3) is 44.3 Å². The second-order valence-electron chi connectivity index (χ2n) is 11.2. The minimum atomic E-state index is 0. The molecule has 9 heteroatoms. The van der Waals surface area contributed by atoms with Crippen LogP contribution in [0, 0.1) is 52.5 Å². The van der Waals surface area contributed by atoms with Gasteiger partial charge in [-0.2, -0.15) is 36.4 Å². The summed E-state index contributed by atoms with van der Waals surface area (Å²) in [7, 11) is 4.04. The molecule has 8 aromatic rings. The van der Waals surface area contributed by atoms with Gasteiger partial charge in [0.1, 0.15) is 0 Å². The van der Waals surface area contributed by atoms with E-state index in [-0.39, 0.29) is 20.1 Å². The summed E-state index contributed by atoms with van der Waals surface area (Å²) in [5, 5.41) is 15.7. The van der Waals surface area contributed by atoms with Gasteiger partial charge >= 0.3 is 0 Å². The topological polar surface area (TPSA) is 70.4 Å². The van der Waals surface area contributed by atoms with Crippen LogP contribution in [-0.2, 0) is 34.2 Å². The van der Waals surface area contributed by atoms with E-state index in [0.717, 1.165) is 17.1 Å². The van der Waals surface area contributed by atoms with Crippen molar-refractivity contribution in [1.82, 2.24) is 29.5 Å². The molecule has 4 heterocycles. The Morgan fingerprint density at radius 2 is 1.15 bits per heavy atom. The van der Waals surface area contributed by atoms with Crippen LogP contribution in [0.3, 0.4) is 0 Å². The third-order valence-corrected chi connectivity index (χ3v) is 8.38. The van der Waals surface area contributed by atoms with Gasteiger partial charge in [0.05, 0.1) is 19.8 Å². The van der Waals surface area contributed by atoms with E-state index in [1.807, 2.05) is 53.6 Å². The minimum Gasteiger partial charge on any atom is -0.358 e. The number of benzene rings is 4. The van der Waals surface area contributed by atoms with Gasteiger partial charge in [-0.1, -0.05) is 60.0 Å². The fourth-order valence-corrected chi connectivity index (χ4v) is 5.32. The van der Waals surface area contributed by atoms with Crippen molar-refractivity contribution in [2.45, 2.75) is 27.7 Å². The fraction of sp³-hybridized carbons (Fsp3) is 0.154. The molecule has 0 amide bonds. The average molecular weight is 808 g/mol. The van der Waals surface area contributed by atoms with Crippen molar-refractivity contribution in [1.29, 1.82) is 0 Å². The molecule has 8 nitrogen and oxygen atoms in total. The summed E-state index contributed by atoms with van der Waals surface area (Å²) in [6.45, 7) is 8.43. The molecule has 0 saturated carbocycles. The summed E-state index contributed by atoms with van der Waals surface area (Å²) in [6.07, 6.45) is 9.94. The normalized spacial score (nSPS) is 10.5. The number of aryl methyl sites for hydroxylation is 2. The van der Waals surface area contributed by atoms with Crippen molar-refractivity contribution in [3.63, 3.8) is 0 Å². The maximum Gasteiger partial charge on any atom is 0.241 e. The molecular formula is C39H35IrN8-3. The van der Waals surface area contributed by atoms with Crippen LogP contribution in [0.2, 0.25) is 0 Å². The Bertz CT molecular complexity index is 2130. The molecule has 243 valence electrons. The molecule has 0 bridgehead atoms. The Hall–Kier alpha value is -5.24. The van der Waals surface area contributed by atoms with Crippen LogP contribution in [0.4, 0.5) is 0 Å². The number of nitrogens with zero attached hydrogens (tertiary/aromatic N) is 8. The zero-order valence-electron chi connectivity index (χ0n) is 27.7. The van der Waals surface area contributed by atoms with Crippen LogP contribution in [0.15, 0.2) is 103 Å². The van der Waals surface area contributed by atoms with Crippen molar-refractivity contribution < 1.29 is 29.2 Å². The van der Waals surface area contributed by atoms with Crippen LogP contribution in [0.5, 0.6) is 0 Å². The Kier molecular flexibility index (Phi) is 10.7. The van der Waals surface area contributed by atoms with E-state index in [9.17, 15) is 0 Å². The van der Waals surface area contributed by atoms with Crippen molar-refractivity contribution in [3.8, 4) is 22.8 Å². The standard InChI is InChI=1S/2C16H15N2.C7H5N4.Ir/c2*1-12-13(2)18(11-17(12)3)16-10-6-8-14-7-4-5-9-15(14)16;1-2-4-8-6(3-1)7-5-9-11-10-7;/h2*4-9H,1-3H3;1-5H;/q3*-1;. The number of hydrogen-bond donors (Lipinski definition) is 0. The molecule has 0 saturated heterocycles. The van der Waals surface area contributed by atoms with Gasteiger partial charge in [0.15, 0.2) is 0 Å². The van der Waals surface area contributed by atoms with E-state index < -0.39 is 0 Å². The number of imidazole rings is 2. The quantitative estimate of drug-likeness (QED) is 0.166. The van der Waals surface area contributed by atoms with Crippen molar-refractivity contribution in [2.24, 2.45) is 14.1 Å². The largest absolute Gasteiger partial charge is 0.358 e. The molecule has 0 unspecified atom stereocenters. The van der Waals surface area contributed by atoms with E-state index in [4.69, 9.17) is 0 Å². The number of pyridine rings is 1. The van der Waals surface area contributed by atoms with Gasteiger partial charge in [0, 0.05) is 49.1 Å². The van der Waals surface area contributed by atoms with Gasteiger partial charge in [-0.25, -0.2) is 0 Å². The summed E-state index contributed by atoms with van der Waals surface area (Å²) in [5.74, 6) is 0. The van der Waals surface area contributed by atoms with E-state index in [0.29, 0.717) is 5.69 Å². The maximum atomic E-state index is 4.08. The number of aromatic nitrogens is 8. The molecule has 0 aliphatic rings. The first-order chi connectivity index (χ1) is 22.8. The number of rotatable bonds is 3. The first kappa shape index (κ1) is 34.1. The summed E-state index contributed by atoms with van der Waals surface area (Å²) in [6, 6.07) is 37.1. The zero-order chi connectivity index (χ0) is 32.9. The number of fused-ring (bicyclic) bond motifs is 2. The predicted octanol–water partition coefficient (Wildman–Crippen LogP) is 5.84. The molecule has 0 atom stereocenters. The summed E-state index contributed by atoms with van der Waals surface area (Å²) >= 11 is 0. The van der Waals surface area contributed by atoms with Crippen LogP contribution in [-0.4, -0.2) is 24.4 Å². The summed E-state index contributed by atoms with van der Waals surface area (Å²) in [4.78, 5) is 4.08. The zero-order valence-corrected chi connectivity index (χ0v) is 30.1. The van der Waals surface area contributed by atoms with Gasteiger partial charge in [0.25, 0.3) is 0 Å². The molecule has 1 radical (unpaired) electrons. The molecule has 4 aromatic carbocycles. The van der Waals surface area contributed by atoms with Gasteiger partial charge < -0.3 is 28.5 Å². The second kappa shape index (κ2) is 15.1. The molecule has 48 heavy (non-hydrogen) atoms. The van der Waals surface area contributed by atoms with Crippen molar-refractivity contribution in [3.05, 3.63) is 151 Å². The minimum absolute atomic E-state index is 0. The van der Waals surface area contributed by atoms with Crippen LogP contribution in [0.1, 0.15) is 22.8 Å². The molecule has 4 aromatic heterocycles. The molecule has 0 aliphatic carbocycles. The molecule has 0 aliphatic heterocycles. The monoisotopic (exact) mass is 808 g/mol. The summed E-state index contributed by atoms with van der Waals surface area (Å²) in [5.41, 5.74) is 8.48. The van der Waals surface area contributed by atoms with E-state index in [1.54, 1.807) is 12.4 Å². The Labute approximate surface area is 294 Å². The smallest absolute Gasteiger partial charge is 0.241 e. The van der Waals surface area contributed by atoms with E-state index in [2.05, 4.69) is 143 Å². The van der Waals surface area contributed by atoms with Crippen LogP contribution >= 0.6 is 0 Å². The second-order valence-corrected chi connectivity index (χ2v) is 11.2. The SMILES string of the molecule is Cc1c(C)[n+](C)[c-]n1-c1[c-]ccc2ccccc12.Cc1c(C)[n+](C)[c-]n1-c1[c-]ccc2ccccc12.[Ir].c1ccc(-c2cnn[n-]2)nc1. The van der Waals surface area contributed by atoms with Gasteiger partial charge in [-0.3, -0.25) is 10.2 Å². The molecule has 0 fully saturated rings. The maximum absolute atomic E-state index is 4.08. The van der Waals surface area contributed by atoms with Gasteiger partial charge in [-0.05, 0) is 45.5 Å². The molecule has 0 N–H and O–H groups in total. The van der Waals surface area contributed by atoms with E-state index in [1.165, 1.54) is 44.3 Å². The first-order valence-electron chi connectivity index (χ1n) is 15.3. The third-order valence-electron chi connectivity index (χ3n) is 8.38. The molecule has 8 rings (SSSR count). The summed E-state index contributed by atoms with van der Waals surface area (Å²) < 4.78 is 8.20. The fourth-order valence-electron chi connectivity index (χ4n) is 5.32. The van der Waals surface area contributed by atoms with Gasteiger partial charge in [0.2, 0.25) is 12.7 Å². The predicted molar refractivity (Wildman–Crippen MR) is 182 cm³/mol. The molecule has 0 spiro atoms. The number of hydrogen-bond acceptors (Lipinski definition) is 3. The van der Waals surface area contributed by atoms with Crippen LogP contribution < -0.4 is 14.2 Å². The first-order valence-corrected chi connectivity index (χ1v) is 15.3. The van der Waals surface area contributed by atoms with Crippen molar-refractivity contribution >= 4 is 21.5 Å². The average Bonchev–Trinajstić information content (AvgIpc) is 3.82. The Balaban J connectivity index is 0.000000144. The molecular weight excluding hydrogens is 773 g/mol. The van der Waals surface area contributed by atoms with Crippen molar-refractivity contribution in [2.75, 3.05) is 0 Å². The van der Waals surface area contributed by atoms with Gasteiger partial charge in [-0.15, -0.1) is 33.7 Å². The third kappa shape index (κ3) is 7.03. The Morgan fingerprint density at radius 3 is 1.56 bits per heavy atom.